The number of rotatable bonds is 10. The van der Waals surface area contributed by atoms with Gasteiger partial charge in [0, 0.05) is 43.5 Å². The number of hydrogen-bond donors (Lipinski definition) is 1. The molecule has 1 aromatic carbocycles. The molecule has 2 rings (SSSR count). The molecule has 0 aliphatic carbocycles. The first-order valence-corrected chi connectivity index (χ1v) is 8.77. The highest BCUT2D eigenvalue weighted by Crippen LogP contribution is 2.29. The lowest BCUT2D eigenvalue weighted by atomic mass is 10.1. The summed E-state index contributed by atoms with van der Waals surface area (Å²) >= 11 is 0. The Morgan fingerprint density at radius 2 is 2.00 bits per heavy atom. The van der Waals surface area contributed by atoms with Gasteiger partial charge in [-0.3, -0.25) is 14.6 Å². The number of carboxylic acids is 1. The van der Waals surface area contributed by atoms with Crippen LogP contribution in [0.2, 0.25) is 0 Å². The van der Waals surface area contributed by atoms with E-state index in [0.29, 0.717) is 43.2 Å². The number of ether oxygens (including phenoxy) is 2. The van der Waals surface area contributed by atoms with Gasteiger partial charge in [0.2, 0.25) is 0 Å². The largest absolute Gasteiger partial charge is 0.490 e. The van der Waals surface area contributed by atoms with Crippen molar-refractivity contribution in [3.8, 4) is 11.5 Å². The van der Waals surface area contributed by atoms with E-state index in [1.54, 1.807) is 37.6 Å². The average molecular weight is 372 g/mol. The quantitative estimate of drug-likeness (QED) is 0.690. The van der Waals surface area contributed by atoms with Crippen molar-refractivity contribution in [3.63, 3.8) is 0 Å². The highest BCUT2D eigenvalue weighted by molar-refractivity contribution is 5.94. The van der Waals surface area contributed by atoms with Gasteiger partial charge < -0.3 is 19.5 Å². The van der Waals surface area contributed by atoms with Gasteiger partial charge in [0.1, 0.15) is 6.61 Å². The number of carbonyl (C=O) groups is 2. The molecule has 27 heavy (non-hydrogen) atoms. The van der Waals surface area contributed by atoms with E-state index in [1.165, 1.54) is 4.90 Å². The maximum Gasteiger partial charge on any atom is 0.303 e. The van der Waals surface area contributed by atoms with Crippen molar-refractivity contribution < 1.29 is 24.2 Å². The number of aliphatic carboxylic acids is 1. The van der Waals surface area contributed by atoms with E-state index in [1.807, 2.05) is 19.1 Å². The highest BCUT2D eigenvalue weighted by atomic mass is 16.5. The lowest BCUT2D eigenvalue weighted by Crippen LogP contribution is -2.28. The second-order valence-corrected chi connectivity index (χ2v) is 5.97. The van der Waals surface area contributed by atoms with Crippen molar-refractivity contribution in [2.75, 3.05) is 20.2 Å². The molecule has 0 saturated carbocycles. The van der Waals surface area contributed by atoms with Crippen LogP contribution < -0.4 is 9.47 Å². The molecule has 0 spiro atoms. The molecule has 0 radical (unpaired) electrons. The van der Waals surface area contributed by atoms with Crippen LogP contribution in [0, 0.1) is 0 Å². The first-order valence-electron chi connectivity index (χ1n) is 8.77. The molecule has 7 nitrogen and oxygen atoms in total. The lowest BCUT2D eigenvalue weighted by molar-refractivity contribution is -0.137. The van der Waals surface area contributed by atoms with Gasteiger partial charge in [-0.2, -0.15) is 0 Å². The van der Waals surface area contributed by atoms with Crippen LogP contribution >= 0.6 is 0 Å². The lowest BCUT2D eigenvalue weighted by Gasteiger charge is -2.18. The standard InChI is InChI=1S/C20H24N2O5/c1-3-26-18-12-16(20(25)22(2)11-5-7-19(23)24)8-9-17(18)27-14-15-6-4-10-21-13-15/h4,6,8-10,12-13H,3,5,7,11,14H2,1-2H3,(H,23,24). The highest BCUT2D eigenvalue weighted by Gasteiger charge is 2.15. The summed E-state index contributed by atoms with van der Waals surface area (Å²) in [6, 6.07) is 8.79. The summed E-state index contributed by atoms with van der Waals surface area (Å²) in [5.74, 6) is -0.0262. The summed E-state index contributed by atoms with van der Waals surface area (Å²) in [5.41, 5.74) is 1.39. The third-order valence-corrected chi connectivity index (χ3v) is 3.84. The number of amides is 1. The predicted octanol–water partition coefficient (Wildman–Crippen LogP) is 3.00. The summed E-state index contributed by atoms with van der Waals surface area (Å²) < 4.78 is 11.4. The number of carboxylic acid groups (broad SMARTS) is 1. The maximum atomic E-state index is 12.5. The average Bonchev–Trinajstić information content (AvgIpc) is 2.67. The van der Waals surface area contributed by atoms with Crippen molar-refractivity contribution >= 4 is 11.9 Å². The summed E-state index contributed by atoms with van der Waals surface area (Å²) in [7, 11) is 1.65. The van der Waals surface area contributed by atoms with E-state index in [9.17, 15) is 9.59 Å². The zero-order chi connectivity index (χ0) is 19.6. The number of pyridine rings is 1. The van der Waals surface area contributed by atoms with Gasteiger partial charge in [-0.15, -0.1) is 0 Å². The molecule has 0 aliphatic rings. The van der Waals surface area contributed by atoms with Crippen molar-refractivity contribution in [2.45, 2.75) is 26.4 Å². The molecular formula is C20H24N2O5. The van der Waals surface area contributed by atoms with Crippen LogP contribution in [0.3, 0.4) is 0 Å². The molecule has 1 N–H and O–H groups in total. The predicted molar refractivity (Wildman–Crippen MR) is 100 cm³/mol. The van der Waals surface area contributed by atoms with Crippen LogP contribution in [0.4, 0.5) is 0 Å². The van der Waals surface area contributed by atoms with Crippen molar-refractivity contribution in [1.82, 2.24) is 9.88 Å². The molecular weight excluding hydrogens is 348 g/mol. The van der Waals surface area contributed by atoms with E-state index >= 15 is 0 Å². The minimum Gasteiger partial charge on any atom is -0.490 e. The van der Waals surface area contributed by atoms with Gasteiger partial charge in [-0.1, -0.05) is 6.07 Å². The number of nitrogens with zero attached hydrogens (tertiary/aromatic N) is 2. The van der Waals surface area contributed by atoms with Crippen LogP contribution in [0.25, 0.3) is 0 Å². The Bertz CT molecular complexity index is 764. The SMILES string of the molecule is CCOc1cc(C(=O)N(C)CCCC(=O)O)ccc1OCc1cccnc1. The van der Waals surface area contributed by atoms with E-state index in [-0.39, 0.29) is 12.3 Å². The molecule has 1 aromatic heterocycles. The molecule has 0 fully saturated rings. The zero-order valence-corrected chi connectivity index (χ0v) is 15.6. The fourth-order valence-electron chi connectivity index (χ4n) is 2.46. The Balaban J connectivity index is 2.06. The normalized spacial score (nSPS) is 10.3. The van der Waals surface area contributed by atoms with Crippen molar-refractivity contribution in [2.24, 2.45) is 0 Å². The van der Waals surface area contributed by atoms with Crippen molar-refractivity contribution in [3.05, 3.63) is 53.9 Å². The number of hydrogen-bond acceptors (Lipinski definition) is 5. The Labute approximate surface area is 158 Å². The van der Waals surface area contributed by atoms with Crippen LogP contribution in [0.15, 0.2) is 42.7 Å². The van der Waals surface area contributed by atoms with Crippen LogP contribution in [0.1, 0.15) is 35.7 Å². The topological polar surface area (TPSA) is 89.0 Å². The first kappa shape index (κ1) is 20.2. The Morgan fingerprint density at radius 1 is 1.19 bits per heavy atom. The summed E-state index contributed by atoms with van der Waals surface area (Å²) in [6.07, 6.45) is 3.86. The second kappa shape index (κ2) is 10.2. The fraction of sp³-hybridized carbons (Fsp3) is 0.350. The van der Waals surface area contributed by atoms with Crippen molar-refractivity contribution in [1.29, 1.82) is 0 Å². The third-order valence-electron chi connectivity index (χ3n) is 3.84. The Hall–Kier alpha value is -3.09. The zero-order valence-electron chi connectivity index (χ0n) is 15.6. The molecule has 144 valence electrons. The van der Waals surface area contributed by atoms with Crippen LogP contribution in [0.5, 0.6) is 11.5 Å². The number of benzene rings is 1. The summed E-state index contributed by atoms with van der Waals surface area (Å²) in [6.45, 7) is 3.01. The molecule has 0 atom stereocenters. The minimum absolute atomic E-state index is 0.0307. The monoisotopic (exact) mass is 372 g/mol. The third kappa shape index (κ3) is 6.29. The number of aromatic nitrogens is 1. The summed E-state index contributed by atoms with van der Waals surface area (Å²) in [4.78, 5) is 28.7. The van der Waals surface area contributed by atoms with Gasteiger partial charge in [0.15, 0.2) is 11.5 Å². The Morgan fingerprint density at radius 3 is 2.67 bits per heavy atom. The van der Waals surface area contributed by atoms with Gasteiger partial charge >= 0.3 is 5.97 Å². The van der Waals surface area contributed by atoms with Gasteiger partial charge in [-0.25, -0.2) is 0 Å². The second-order valence-electron chi connectivity index (χ2n) is 5.97. The minimum atomic E-state index is -0.871. The molecule has 0 aliphatic heterocycles. The molecule has 2 aromatic rings. The van der Waals surface area contributed by atoms with Crippen LogP contribution in [-0.2, 0) is 11.4 Å². The van der Waals surface area contributed by atoms with Gasteiger partial charge in [-0.05, 0) is 37.6 Å². The van der Waals surface area contributed by atoms with E-state index < -0.39 is 5.97 Å². The molecule has 1 heterocycles. The van der Waals surface area contributed by atoms with Gasteiger partial charge in [0.05, 0.1) is 6.61 Å². The summed E-state index contributed by atoms with van der Waals surface area (Å²) in [5, 5.41) is 8.70. The van der Waals surface area contributed by atoms with Crippen LogP contribution in [-0.4, -0.2) is 47.1 Å². The Kier molecular flexibility index (Phi) is 7.61. The molecule has 0 bridgehead atoms. The van der Waals surface area contributed by atoms with E-state index in [4.69, 9.17) is 14.6 Å². The number of carbonyl (C=O) groups excluding carboxylic acids is 1. The molecule has 0 saturated heterocycles. The van der Waals surface area contributed by atoms with E-state index in [2.05, 4.69) is 4.98 Å². The molecule has 7 heteroatoms. The molecule has 1 amide bonds. The van der Waals surface area contributed by atoms with Gasteiger partial charge in [0.25, 0.3) is 5.91 Å². The maximum absolute atomic E-state index is 12.5. The molecule has 0 unspecified atom stereocenters. The smallest absolute Gasteiger partial charge is 0.303 e. The van der Waals surface area contributed by atoms with E-state index in [0.717, 1.165) is 5.56 Å². The fourth-order valence-corrected chi connectivity index (χ4v) is 2.46. The first-order chi connectivity index (χ1) is 13.0.